The van der Waals surface area contributed by atoms with Crippen LogP contribution in [0.15, 0.2) is 53.4 Å². The fraction of sp³-hybridized carbons (Fsp3) is 0.263. The van der Waals surface area contributed by atoms with Crippen LogP contribution in [0.1, 0.15) is 10.4 Å². The number of nitrogens with zero attached hydrogens (tertiary/aromatic N) is 2. The van der Waals surface area contributed by atoms with Gasteiger partial charge in [0.25, 0.3) is 15.9 Å². The van der Waals surface area contributed by atoms with Gasteiger partial charge in [0.1, 0.15) is 5.75 Å². The molecule has 0 heterocycles. The molecule has 28 heavy (non-hydrogen) atoms. The van der Waals surface area contributed by atoms with Gasteiger partial charge in [-0.2, -0.15) is 0 Å². The second-order valence-corrected chi connectivity index (χ2v) is 8.03. The molecule has 0 bridgehead atoms. The second-order valence-electron chi connectivity index (χ2n) is 6.06. The Kier molecular flexibility index (Phi) is 6.63. The Morgan fingerprint density at radius 1 is 1.00 bits per heavy atom. The number of hydrogen-bond donors (Lipinski definition) is 0. The predicted octanol–water partition coefficient (Wildman–Crippen LogP) is 1.77. The average Bonchev–Trinajstić information content (AvgIpc) is 2.71. The number of carbonyl (C=O) groups is 2. The van der Waals surface area contributed by atoms with Crippen LogP contribution in [0.4, 0.5) is 5.69 Å². The molecule has 0 saturated carbocycles. The van der Waals surface area contributed by atoms with Crippen LogP contribution in [0.2, 0.25) is 0 Å². The molecule has 0 atom stereocenters. The molecule has 0 unspecified atom stereocenters. The number of carbonyl (C=O) groups excluding carboxylic acids is 2. The van der Waals surface area contributed by atoms with Gasteiger partial charge in [-0.1, -0.05) is 6.07 Å². The number of benzene rings is 2. The third-order valence-electron chi connectivity index (χ3n) is 3.99. The summed E-state index contributed by atoms with van der Waals surface area (Å²) in [4.78, 5) is 24.9. The maximum absolute atomic E-state index is 12.9. The number of hydrogen-bond acceptors (Lipinski definition) is 6. The van der Waals surface area contributed by atoms with Gasteiger partial charge in [-0.3, -0.25) is 9.10 Å². The summed E-state index contributed by atoms with van der Waals surface area (Å²) in [7, 11) is 2.11. The maximum Gasteiger partial charge on any atom is 0.338 e. The highest BCUT2D eigenvalue weighted by Gasteiger charge is 2.23. The summed E-state index contributed by atoms with van der Waals surface area (Å²) < 4.78 is 36.9. The standard InChI is InChI=1S/C19H22N2O6S/c1-20(2)18(22)13-27-19(23)14-6-5-7-17(12-14)28(24,25)21(3)15-8-10-16(26-4)11-9-15/h5-12H,13H2,1-4H3. The number of esters is 1. The van der Waals surface area contributed by atoms with Crippen molar-refractivity contribution in [2.24, 2.45) is 0 Å². The van der Waals surface area contributed by atoms with Crippen molar-refractivity contribution in [1.82, 2.24) is 4.90 Å². The number of methoxy groups -OCH3 is 1. The molecule has 8 nitrogen and oxygen atoms in total. The van der Waals surface area contributed by atoms with Crippen molar-refractivity contribution in [3.8, 4) is 5.75 Å². The molecule has 0 aliphatic rings. The molecule has 0 saturated heterocycles. The Hall–Kier alpha value is -3.07. The Morgan fingerprint density at radius 2 is 1.64 bits per heavy atom. The van der Waals surface area contributed by atoms with E-state index in [2.05, 4.69) is 0 Å². The number of amides is 1. The minimum atomic E-state index is -3.90. The normalized spacial score (nSPS) is 10.9. The van der Waals surface area contributed by atoms with Gasteiger partial charge in [-0.05, 0) is 42.5 Å². The zero-order valence-electron chi connectivity index (χ0n) is 16.1. The Balaban J connectivity index is 2.22. The molecular weight excluding hydrogens is 384 g/mol. The first kappa shape index (κ1) is 21.2. The van der Waals surface area contributed by atoms with Crippen LogP contribution in [0.5, 0.6) is 5.75 Å². The van der Waals surface area contributed by atoms with Gasteiger partial charge in [0.2, 0.25) is 0 Å². The fourth-order valence-electron chi connectivity index (χ4n) is 2.21. The summed E-state index contributed by atoms with van der Waals surface area (Å²) >= 11 is 0. The largest absolute Gasteiger partial charge is 0.497 e. The highest BCUT2D eigenvalue weighted by atomic mass is 32.2. The van der Waals surface area contributed by atoms with E-state index in [1.54, 1.807) is 38.4 Å². The van der Waals surface area contributed by atoms with Gasteiger partial charge in [-0.15, -0.1) is 0 Å². The smallest absolute Gasteiger partial charge is 0.338 e. The van der Waals surface area contributed by atoms with E-state index in [9.17, 15) is 18.0 Å². The Morgan fingerprint density at radius 3 is 2.21 bits per heavy atom. The van der Waals surface area contributed by atoms with Crippen molar-refractivity contribution >= 4 is 27.6 Å². The first-order valence-electron chi connectivity index (χ1n) is 8.27. The van der Waals surface area contributed by atoms with Crippen LogP contribution >= 0.6 is 0 Å². The predicted molar refractivity (Wildman–Crippen MR) is 104 cm³/mol. The Labute approximate surface area is 164 Å². The van der Waals surface area contributed by atoms with Crippen LogP contribution in [0.25, 0.3) is 0 Å². The molecule has 0 aromatic heterocycles. The molecule has 1 amide bonds. The van der Waals surface area contributed by atoms with E-state index in [-0.39, 0.29) is 16.4 Å². The molecular formula is C19H22N2O6S. The fourth-order valence-corrected chi connectivity index (χ4v) is 3.45. The number of likely N-dealkylation sites (N-methyl/N-ethyl adjacent to an activating group) is 1. The molecule has 2 aromatic rings. The van der Waals surface area contributed by atoms with Crippen molar-refractivity contribution < 1.29 is 27.5 Å². The summed E-state index contributed by atoms with van der Waals surface area (Å²) in [6.07, 6.45) is 0. The zero-order valence-corrected chi connectivity index (χ0v) is 16.9. The van der Waals surface area contributed by atoms with Gasteiger partial charge in [0.05, 0.1) is 23.3 Å². The van der Waals surface area contributed by atoms with E-state index in [1.807, 2.05) is 0 Å². The third kappa shape index (κ3) is 4.80. The van der Waals surface area contributed by atoms with Crippen LogP contribution in [-0.4, -0.2) is 60.1 Å². The lowest BCUT2D eigenvalue weighted by atomic mass is 10.2. The van der Waals surface area contributed by atoms with E-state index in [0.717, 1.165) is 4.31 Å². The van der Waals surface area contributed by atoms with Crippen LogP contribution < -0.4 is 9.04 Å². The minimum Gasteiger partial charge on any atom is -0.497 e. The lowest BCUT2D eigenvalue weighted by molar-refractivity contribution is -0.131. The summed E-state index contributed by atoms with van der Waals surface area (Å²) in [5, 5.41) is 0. The lowest BCUT2D eigenvalue weighted by Gasteiger charge is -2.20. The van der Waals surface area contributed by atoms with Crippen LogP contribution in [0.3, 0.4) is 0 Å². The van der Waals surface area contributed by atoms with Gasteiger partial charge >= 0.3 is 5.97 Å². The second kappa shape index (κ2) is 8.75. The quantitative estimate of drug-likeness (QED) is 0.651. The SMILES string of the molecule is COc1ccc(N(C)S(=O)(=O)c2cccc(C(=O)OCC(=O)N(C)C)c2)cc1. The van der Waals surface area contributed by atoms with E-state index < -0.39 is 22.6 Å². The number of ether oxygens (including phenoxy) is 2. The van der Waals surface area contributed by atoms with Gasteiger partial charge in [0.15, 0.2) is 6.61 Å². The monoisotopic (exact) mass is 406 g/mol. The molecule has 0 N–H and O–H groups in total. The van der Waals surface area contributed by atoms with E-state index >= 15 is 0 Å². The van der Waals surface area contributed by atoms with Crippen LogP contribution in [-0.2, 0) is 19.6 Å². The van der Waals surface area contributed by atoms with Gasteiger partial charge in [-0.25, -0.2) is 13.2 Å². The summed E-state index contributed by atoms with van der Waals surface area (Å²) in [5.41, 5.74) is 0.473. The summed E-state index contributed by atoms with van der Waals surface area (Å²) in [6, 6.07) is 12.0. The number of rotatable bonds is 7. The van der Waals surface area contributed by atoms with Gasteiger partial charge < -0.3 is 14.4 Å². The van der Waals surface area contributed by atoms with Crippen molar-refractivity contribution in [1.29, 1.82) is 0 Å². The van der Waals surface area contributed by atoms with Crippen molar-refractivity contribution in [3.05, 3.63) is 54.1 Å². The summed E-state index contributed by atoms with van der Waals surface area (Å²) in [6.45, 7) is -0.422. The van der Waals surface area contributed by atoms with E-state index in [1.165, 1.54) is 43.3 Å². The third-order valence-corrected chi connectivity index (χ3v) is 5.77. The van der Waals surface area contributed by atoms with E-state index in [4.69, 9.17) is 9.47 Å². The molecule has 0 spiro atoms. The topological polar surface area (TPSA) is 93.2 Å². The first-order valence-corrected chi connectivity index (χ1v) is 9.71. The molecule has 2 aromatic carbocycles. The molecule has 0 aliphatic carbocycles. The lowest BCUT2D eigenvalue weighted by Crippen LogP contribution is -2.28. The van der Waals surface area contributed by atoms with Gasteiger partial charge in [0, 0.05) is 21.1 Å². The summed E-state index contributed by atoms with van der Waals surface area (Å²) in [5.74, 6) is -0.553. The molecule has 0 aliphatic heterocycles. The molecule has 9 heteroatoms. The molecule has 0 radical (unpaired) electrons. The van der Waals surface area contributed by atoms with E-state index in [0.29, 0.717) is 11.4 Å². The Bertz CT molecular complexity index is 955. The number of anilines is 1. The molecule has 150 valence electrons. The molecule has 2 rings (SSSR count). The zero-order chi connectivity index (χ0) is 20.9. The highest BCUT2D eigenvalue weighted by Crippen LogP contribution is 2.24. The minimum absolute atomic E-state index is 0.0377. The maximum atomic E-state index is 12.9. The highest BCUT2D eigenvalue weighted by molar-refractivity contribution is 7.92. The van der Waals surface area contributed by atoms with Crippen molar-refractivity contribution in [2.75, 3.05) is 39.2 Å². The van der Waals surface area contributed by atoms with Crippen molar-refractivity contribution in [3.63, 3.8) is 0 Å². The van der Waals surface area contributed by atoms with Crippen molar-refractivity contribution in [2.45, 2.75) is 4.90 Å². The average molecular weight is 406 g/mol. The molecule has 0 fully saturated rings. The number of sulfonamides is 1. The van der Waals surface area contributed by atoms with Crippen LogP contribution in [0, 0.1) is 0 Å². The first-order chi connectivity index (χ1) is 13.2.